The van der Waals surface area contributed by atoms with Crippen LogP contribution in [-0.4, -0.2) is 6.21 Å². The third-order valence-electron chi connectivity index (χ3n) is 1.31. The zero-order valence-corrected chi connectivity index (χ0v) is 7.25. The number of allylic oxidation sites excluding steroid dienone is 3. The molecule has 0 amide bonds. The van der Waals surface area contributed by atoms with Gasteiger partial charge in [0, 0.05) is 12.4 Å². The molecule has 0 aliphatic carbocycles. The molecule has 0 saturated carbocycles. The van der Waals surface area contributed by atoms with E-state index in [9.17, 15) is 0 Å². The number of hydrogen-bond donors (Lipinski definition) is 0. The lowest BCUT2D eigenvalue weighted by atomic mass is 10.0. The van der Waals surface area contributed by atoms with Crippen LogP contribution in [-0.2, 0) is 0 Å². The van der Waals surface area contributed by atoms with Crippen LogP contribution in [0.1, 0.15) is 13.8 Å². The van der Waals surface area contributed by atoms with Gasteiger partial charge >= 0.3 is 0 Å². The highest BCUT2D eigenvalue weighted by Gasteiger charge is 1.96. The van der Waals surface area contributed by atoms with Crippen molar-refractivity contribution in [1.82, 2.24) is 0 Å². The van der Waals surface area contributed by atoms with Gasteiger partial charge in [0.1, 0.15) is 0 Å². The molecule has 0 aromatic heterocycles. The van der Waals surface area contributed by atoms with Crippen LogP contribution in [0.15, 0.2) is 42.1 Å². The fourth-order valence-electron chi connectivity index (χ4n) is 0.659. The Balaban J connectivity index is 4.34. The Kier molecular flexibility index (Phi) is 5.09. The Morgan fingerprint density at radius 1 is 1.36 bits per heavy atom. The molecule has 0 bridgehead atoms. The van der Waals surface area contributed by atoms with Crippen molar-refractivity contribution in [3.8, 4) is 0 Å². The van der Waals surface area contributed by atoms with Gasteiger partial charge in [-0.15, -0.1) is 0 Å². The number of nitrogens with zero attached hydrogens (tertiary/aromatic N) is 1. The molecular formula is C10H15N. The van der Waals surface area contributed by atoms with E-state index >= 15 is 0 Å². The molecule has 1 nitrogen and oxygen atoms in total. The minimum absolute atomic E-state index is 0.483. The van der Waals surface area contributed by atoms with E-state index in [1.54, 1.807) is 12.3 Å². The van der Waals surface area contributed by atoms with Crippen LogP contribution in [0.4, 0.5) is 0 Å². The maximum absolute atomic E-state index is 3.93. The second-order valence-corrected chi connectivity index (χ2v) is 2.52. The summed E-state index contributed by atoms with van der Waals surface area (Å²) in [6.07, 6.45) is 7.06. The quantitative estimate of drug-likeness (QED) is 0.430. The molecule has 0 aliphatic heterocycles. The summed E-state index contributed by atoms with van der Waals surface area (Å²) in [7, 11) is 0. The van der Waals surface area contributed by atoms with Gasteiger partial charge in [0.15, 0.2) is 0 Å². The molecule has 0 aromatic carbocycles. The largest absolute Gasteiger partial charge is 0.265 e. The van der Waals surface area contributed by atoms with Gasteiger partial charge in [-0.3, -0.25) is 4.99 Å². The van der Waals surface area contributed by atoms with E-state index in [2.05, 4.69) is 32.0 Å². The summed E-state index contributed by atoms with van der Waals surface area (Å²) in [4.78, 5) is 3.93. The van der Waals surface area contributed by atoms with Gasteiger partial charge in [0.25, 0.3) is 0 Å². The molecule has 60 valence electrons. The van der Waals surface area contributed by atoms with Crippen LogP contribution in [0.25, 0.3) is 0 Å². The van der Waals surface area contributed by atoms with E-state index < -0.39 is 0 Å². The lowest BCUT2D eigenvalue weighted by Crippen LogP contribution is -1.94. The van der Waals surface area contributed by atoms with E-state index in [0.717, 1.165) is 0 Å². The Morgan fingerprint density at radius 2 is 2.00 bits per heavy atom. The number of aliphatic imine (C=N–C) groups is 1. The van der Waals surface area contributed by atoms with Gasteiger partial charge in [-0.25, -0.2) is 0 Å². The molecular weight excluding hydrogens is 134 g/mol. The van der Waals surface area contributed by atoms with Crippen molar-refractivity contribution in [3.05, 3.63) is 37.1 Å². The normalized spacial score (nSPS) is 12.5. The standard InChI is InChI=1S/C10H15N/c1-5-7-10(9(3)4)8-11-6-2/h5-9H,1-2H2,3-4H3/b10-7+,11-8-. The van der Waals surface area contributed by atoms with Crippen molar-refractivity contribution in [1.29, 1.82) is 0 Å². The Labute approximate surface area is 68.9 Å². The van der Waals surface area contributed by atoms with Crippen molar-refractivity contribution in [2.75, 3.05) is 0 Å². The summed E-state index contributed by atoms with van der Waals surface area (Å²) in [6, 6.07) is 0. The van der Waals surface area contributed by atoms with Gasteiger partial charge < -0.3 is 0 Å². The van der Waals surface area contributed by atoms with E-state index in [1.165, 1.54) is 11.8 Å². The number of rotatable bonds is 4. The van der Waals surface area contributed by atoms with E-state index in [1.807, 2.05) is 6.08 Å². The monoisotopic (exact) mass is 149 g/mol. The fourth-order valence-corrected chi connectivity index (χ4v) is 0.659. The average Bonchev–Trinajstić information content (AvgIpc) is 1.97. The highest BCUT2D eigenvalue weighted by molar-refractivity contribution is 5.79. The van der Waals surface area contributed by atoms with Crippen molar-refractivity contribution in [2.24, 2.45) is 10.9 Å². The Morgan fingerprint density at radius 3 is 2.36 bits per heavy atom. The van der Waals surface area contributed by atoms with E-state index in [-0.39, 0.29) is 0 Å². The van der Waals surface area contributed by atoms with Crippen molar-refractivity contribution in [3.63, 3.8) is 0 Å². The van der Waals surface area contributed by atoms with Crippen LogP contribution in [0.5, 0.6) is 0 Å². The second-order valence-electron chi connectivity index (χ2n) is 2.52. The Hall–Kier alpha value is -1.11. The summed E-state index contributed by atoms with van der Waals surface area (Å²) in [5.74, 6) is 0.483. The molecule has 0 N–H and O–H groups in total. The van der Waals surface area contributed by atoms with Gasteiger partial charge in [0.2, 0.25) is 0 Å². The molecule has 0 aliphatic rings. The summed E-state index contributed by atoms with van der Waals surface area (Å²) in [5, 5.41) is 0. The Bertz CT molecular complexity index is 185. The molecule has 0 fully saturated rings. The molecule has 0 rings (SSSR count). The molecule has 0 saturated heterocycles. The molecule has 0 aromatic rings. The maximum Gasteiger partial charge on any atom is 0.0302 e. The summed E-state index contributed by atoms with van der Waals surface area (Å²) < 4.78 is 0. The van der Waals surface area contributed by atoms with Crippen molar-refractivity contribution >= 4 is 6.21 Å². The highest BCUT2D eigenvalue weighted by atomic mass is 14.7. The second kappa shape index (κ2) is 5.66. The maximum atomic E-state index is 3.93. The molecule has 0 heterocycles. The minimum atomic E-state index is 0.483. The molecule has 0 spiro atoms. The topological polar surface area (TPSA) is 12.4 Å². The summed E-state index contributed by atoms with van der Waals surface area (Å²) >= 11 is 0. The predicted octanol–water partition coefficient (Wildman–Crippen LogP) is 2.97. The lowest BCUT2D eigenvalue weighted by Gasteiger charge is -2.02. The zero-order chi connectivity index (χ0) is 8.69. The fraction of sp³-hybridized carbons (Fsp3) is 0.300. The van der Waals surface area contributed by atoms with Crippen molar-refractivity contribution < 1.29 is 0 Å². The van der Waals surface area contributed by atoms with E-state index in [0.29, 0.717) is 5.92 Å². The molecule has 0 atom stereocenters. The minimum Gasteiger partial charge on any atom is -0.265 e. The highest BCUT2D eigenvalue weighted by Crippen LogP contribution is 2.06. The third kappa shape index (κ3) is 4.31. The van der Waals surface area contributed by atoms with E-state index in [4.69, 9.17) is 0 Å². The first-order chi connectivity index (χ1) is 5.22. The first-order valence-electron chi connectivity index (χ1n) is 3.69. The number of hydrogen-bond acceptors (Lipinski definition) is 1. The molecule has 0 radical (unpaired) electrons. The first-order valence-corrected chi connectivity index (χ1v) is 3.69. The van der Waals surface area contributed by atoms with Crippen LogP contribution in [0.3, 0.4) is 0 Å². The van der Waals surface area contributed by atoms with Crippen LogP contribution in [0.2, 0.25) is 0 Å². The zero-order valence-electron chi connectivity index (χ0n) is 7.25. The smallest absolute Gasteiger partial charge is 0.0302 e. The average molecular weight is 149 g/mol. The summed E-state index contributed by atoms with van der Waals surface area (Å²) in [5.41, 5.74) is 1.17. The van der Waals surface area contributed by atoms with Crippen LogP contribution >= 0.6 is 0 Å². The molecule has 1 heteroatoms. The van der Waals surface area contributed by atoms with Gasteiger partial charge in [-0.1, -0.05) is 39.2 Å². The van der Waals surface area contributed by atoms with Crippen LogP contribution < -0.4 is 0 Å². The first kappa shape index (κ1) is 9.89. The summed E-state index contributed by atoms with van der Waals surface area (Å²) in [6.45, 7) is 11.4. The van der Waals surface area contributed by atoms with Gasteiger partial charge in [-0.2, -0.15) is 0 Å². The molecule has 11 heavy (non-hydrogen) atoms. The lowest BCUT2D eigenvalue weighted by molar-refractivity contribution is 0.807. The predicted molar refractivity (Wildman–Crippen MR) is 51.8 cm³/mol. The van der Waals surface area contributed by atoms with Gasteiger partial charge in [0.05, 0.1) is 0 Å². The molecule has 0 unspecified atom stereocenters. The van der Waals surface area contributed by atoms with Crippen LogP contribution in [0, 0.1) is 5.92 Å². The third-order valence-corrected chi connectivity index (χ3v) is 1.31. The van der Waals surface area contributed by atoms with Gasteiger partial charge in [-0.05, 0) is 11.5 Å². The SMILES string of the molecule is C=C/C=C(\C=N/C=C)C(C)C. The van der Waals surface area contributed by atoms with Crippen molar-refractivity contribution in [2.45, 2.75) is 13.8 Å².